The fourth-order valence-corrected chi connectivity index (χ4v) is 1.50. The predicted octanol–water partition coefficient (Wildman–Crippen LogP) is 1.27. The van der Waals surface area contributed by atoms with Gasteiger partial charge in [0.25, 0.3) is 0 Å². The lowest BCUT2D eigenvalue weighted by molar-refractivity contribution is 0.770. The maximum absolute atomic E-state index is 5.83. The standard InChI is InChI=1S/C9H11ClN4/c10-7-3-5-14-8(2-1-4-11)12-13-9(14)6-7/h3,5-6H,1-2,4,11H2. The summed E-state index contributed by atoms with van der Waals surface area (Å²) in [7, 11) is 0. The number of fused-ring (bicyclic) bond motifs is 1. The number of aryl methyl sites for hydroxylation is 1. The average molecular weight is 211 g/mol. The molecule has 2 aromatic heterocycles. The molecule has 4 nitrogen and oxygen atoms in total. The molecule has 2 heterocycles. The Labute approximate surface area is 86.7 Å². The van der Waals surface area contributed by atoms with Gasteiger partial charge in [0.2, 0.25) is 0 Å². The molecule has 74 valence electrons. The average Bonchev–Trinajstić information content (AvgIpc) is 2.57. The van der Waals surface area contributed by atoms with Gasteiger partial charge in [0.05, 0.1) is 0 Å². The van der Waals surface area contributed by atoms with Crippen molar-refractivity contribution in [3.05, 3.63) is 29.2 Å². The summed E-state index contributed by atoms with van der Waals surface area (Å²) in [4.78, 5) is 0. The molecule has 0 radical (unpaired) electrons. The van der Waals surface area contributed by atoms with Crippen LogP contribution in [-0.2, 0) is 6.42 Å². The smallest absolute Gasteiger partial charge is 0.162 e. The third-order valence-electron chi connectivity index (χ3n) is 2.05. The molecular weight excluding hydrogens is 200 g/mol. The van der Waals surface area contributed by atoms with Gasteiger partial charge in [-0.1, -0.05) is 11.6 Å². The molecule has 0 aliphatic rings. The lowest BCUT2D eigenvalue weighted by Crippen LogP contribution is -2.02. The number of rotatable bonds is 3. The molecule has 0 fully saturated rings. The van der Waals surface area contributed by atoms with Gasteiger partial charge in [-0.2, -0.15) is 0 Å². The summed E-state index contributed by atoms with van der Waals surface area (Å²) in [5.74, 6) is 0.933. The lowest BCUT2D eigenvalue weighted by Gasteiger charge is -1.98. The highest BCUT2D eigenvalue weighted by Gasteiger charge is 2.04. The van der Waals surface area contributed by atoms with E-state index in [0.717, 1.165) is 24.3 Å². The van der Waals surface area contributed by atoms with Crippen molar-refractivity contribution in [2.24, 2.45) is 5.73 Å². The Balaban J connectivity index is 2.37. The third-order valence-corrected chi connectivity index (χ3v) is 2.28. The van der Waals surface area contributed by atoms with Crippen LogP contribution < -0.4 is 5.73 Å². The fraction of sp³-hybridized carbons (Fsp3) is 0.333. The van der Waals surface area contributed by atoms with Crippen LogP contribution in [0, 0.1) is 0 Å². The molecule has 0 aromatic carbocycles. The van der Waals surface area contributed by atoms with Gasteiger partial charge in [-0.15, -0.1) is 10.2 Å². The van der Waals surface area contributed by atoms with Crippen LogP contribution in [-0.4, -0.2) is 21.1 Å². The van der Waals surface area contributed by atoms with E-state index in [2.05, 4.69) is 10.2 Å². The fourth-order valence-electron chi connectivity index (χ4n) is 1.35. The van der Waals surface area contributed by atoms with E-state index in [9.17, 15) is 0 Å². The SMILES string of the molecule is NCCCc1nnc2cc(Cl)ccn12. The first-order valence-corrected chi connectivity index (χ1v) is 4.88. The van der Waals surface area contributed by atoms with E-state index >= 15 is 0 Å². The molecule has 0 spiro atoms. The van der Waals surface area contributed by atoms with Crippen molar-refractivity contribution >= 4 is 17.2 Å². The largest absolute Gasteiger partial charge is 0.330 e. The zero-order chi connectivity index (χ0) is 9.97. The van der Waals surface area contributed by atoms with Gasteiger partial charge >= 0.3 is 0 Å². The minimum Gasteiger partial charge on any atom is -0.330 e. The van der Waals surface area contributed by atoms with Crippen LogP contribution in [0.3, 0.4) is 0 Å². The van der Waals surface area contributed by atoms with Gasteiger partial charge in [-0.05, 0) is 19.0 Å². The maximum atomic E-state index is 5.83. The number of aromatic nitrogens is 3. The van der Waals surface area contributed by atoms with Crippen molar-refractivity contribution in [1.29, 1.82) is 0 Å². The molecule has 0 amide bonds. The van der Waals surface area contributed by atoms with Gasteiger partial charge in [-0.3, -0.25) is 4.40 Å². The summed E-state index contributed by atoms with van der Waals surface area (Å²) in [6.07, 6.45) is 3.65. The normalized spacial score (nSPS) is 11.0. The van der Waals surface area contributed by atoms with Crippen LogP contribution in [0.1, 0.15) is 12.2 Å². The Morgan fingerprint density at radius 3 is 3.07 bits per heavy atom. The minimum atomic E-state index is 0.669. The molecule has 2 N–H and O–H groups in total. The molecule has 2 rings (SSSR count). The number of hydrogen-bond acceptors (Lipinski definition) is 3. The van der Waals surface area contributed by atoms with Gasteiger partial charge in [0, 0.05) is 23.7 Å². The summed E-state index contributed by atoms with van der Waals surface area (Å²) in [5.41, 5.74) is 6.22. The van der Waals surface area contributed by atoms with E-state index in [4.69, 9.17) is 17.3 Å². The Morgan fingerprint density at radius 2 is 2.29 bits per heavy atom. The molecule has 0 bridgehead atoms. The number of halogens is 1. The second-order valence-corrected chi connectivity index (χ2v) is 3.52. The van der Waals surface area contributed by atoms with E-state index in [-0.39, 0.29) is 0 Å². The van der Waals surface area contributed by atoms with Gasteiger partial charge in [0.1, 0.15) is 5.82 Å². The van der Waals surface area contributed by atoms with Gasteiger partial charge in [0.15, 0.2) is 5.65 Å². The maximum Gasteiger partial charge on any atom is 0.162 e. The summed E-state index contributed by atoms with van der Waals surface area (Å²) in [5, 5.41) is 8.77. The highest BCUT2D eigenvalue weighted by atomic mass is 35.5. The monoisotopic (exact) mass is 210 g/mol. The minimum absolute atomic E-state index is 0.669. The van der Waals surface area contributed by atoms with Crippen molar-refractivity contribution in [3.63, 3.8) is 0 Å². The van der Waals surface area contributed by atoms with Crippen molar-refractivity contribution in [1.82, 2.24) is 14.6 Å². The summed E-state index contributed by atoms with van der Waals surface area (Å²) < 4.78 is 1.93. The quantitative estimate of drug-likeness (QED) is 0.830. The lowest BCUT2D eigenvalue weighted by atomic mass is 10.3. The van der Waals surface area contributed by atoms with E-state index in [1.807, 2.05) is 16.7 Å². The zero-order valence-corrected chi connectivity index (χ0v) is 8.41. The molecule has 0 aliphatic heterocycles. The van der Waals surface area contributed by atoms with Crippen molar-refractivity contribution in [2.75, 3.05) is 6.54 Å². The summed E-state index contributed by atoms with van der Waals surface area (Å²) in [6.45, 7) is 0.669. The molecule has 2 aromatic rings. The van der Waals surface area contributed by atoms with E-state index in [1.165, 1.54) is 0 Å². The number of hydrogen-bond donors (Lipinski definition) is 1. The first kappa shape index (κ1) is 9.43. The van der Waals surface area contributed by atoms with Crippen LogP contribution >= 0.6 is 11.6 Å². The highest BCUT2D eigenvalue weighted by Crippen LogP contribution is 2.12. The van der Waals surface area contributed by atoms with Gasteiger partial charge in [-0.25, -0.2) is 0 Å². The topological polar surface area (TPSA) is 56.2 Å². The van der Waals surface area contributed by atoms with E-state index in [1.54, 1.807) is 6.07 Å². The predicted molar refractivity (Wildman–Crippen MR) is 55.4 cm³/mol. The molecular formula is C9H11ClN4. The first-order valence-electron chi connectivity index (χ1n) is 4.50. The Bertz CT molecular complexity index is 437. The van der Waals surface area contributed by atoms with Crippen molar-refractivity contribution in [2.45, 2.75) is 12.8 Å². The Hall–Kier alpha value is -1.13. The van der Waals surface area contributed by atoms with Crippen LogP contribution in [0.25, 0.3) is 5.65 Å². The number of nitrogens with two attached hydrogens (primary N) is 1. The molecule has 0 saturated heterocycles. The molecule has 5 heteroatoms. The van der Waals surface area contributed by atoms with Crippen molar-refractivity contribution in [3.8, 4) is 0 Å². The molecule has 0 saturated carbocycles. The highest BCUT2D eigenvalue weighted by molar-refractivity contribution is 6.30. The molecule has 0 aliphatic carbocycles. The van der Waals surface area contributed by atoms with Crippen molar-refractivity contribution < 1.29 is 0 Å². The summed E-state index contributed by atoms with van der Waals surface area (Å²) >= 11 is 5.83. The van der Waals surface area contributed by atoms with E-state index < -0.39 is 0 Å². The summed E-state index contributed by atoms with van der Waals surface area (Å²) in [6, 6.07) is 3.62. The molecule has 14 heavy (non-hydrogen) atoms. The second-order valence-electron chi connectivity index (χ2n) is 3.08. The zero-order valence-electron chi connectivity index (χ0n) is 7.65. The van der Waals surface area contributed by atoms with Gasteiger partial charge < -0.3 is 5.73 Å². The molecule has 0 atom stereocenters. The Kier molecular flexibility index (Phi) is 2.65. The van der Waals surface area contributed by atoms with Crippen LogP contribution in [0.2, 0.25) is 5.02 Å². The van der Waals surface area contributed by atoms with Crippen LogP contribution in [0.15, 0.2) is 18.3 Å². The molecule has 0 unspecified atom stereocenters. The van der Waals surface area contributed by atoms with Crippen LogP contribution in [0.5, 0.6) is 0 Å². The number of pyridine rings is 1. The first-order chi connectivity index (χ1) is 6.81. The van der Waals surface area contributed by atoms with Crippen LogP contribution in [0.4, 0.5) is 0 Å². The van der Waals surface area contributed by atoms with E-state index in [0.29, 0.717) is 11.6 Å². The second kappa shape index (κ2) is 3.94. The number of nitrogens with zero attached hydrogens (tertiary/aromatic N) is 3. The Morgan fingerprint density at radius 1 is 1.43 bits per heavy atom. The third kappa shape index (κ3) is 1.71.